The molecule has 0 unspecified atom stereocenters. The number of benzene rings is 1. The summed E-state index contributed by atoms with van der Waals surface area (Å²) in [6.45, 7) is -0.412. The Balaban J connectivity index is 1.70. The molecular weight excluding hydrogens is 324 g/mol. The highest BCUT2D eigenvalue weighted by Crippen LogP contribution is 2.23. The number of hydrogen-bond acceptors (Lipinski definition) is 4. The molecule has 7 nitrogen and oxygen atoms in total. The molecule has 2 saturated heterocycles. The van der Waals surface area contributed by atoms with Crippen molar-refractivity contribution < 1.29 is 28.3 Å². The number of carbonyl (C=O) groups excluding carboxylic acids is 3. The zero-order valence-corrected chi connectivity index (χ0v) is 12.5. The van der Waals surface area contributed by atoms with Crippen LogP contribution in [0.4, 0.5) is 8.78 Å². The summed E-state index contributed by atoms with van der Waals surface area (Å²) in [5.74, 6) is -3.25. The van der Waals surface area contributed by atoms with Gasteiger partial charge in [-0.2, -0.15) is 0 Å². The van der Waals surface area contributed by atoms with Crippen LogP contribution in [0.15, 0.2) is 18.2 Å². The quantitative estimate of drug-likeness (QED) is 0.668. The van der Waals surface area contributed by atoms with E-state index < -0.39 is 54.1 Å². The summed E-state index contributed by atoms with van der Waals surface area (Å²) < 4.78 is 26.4. The lowest BCUT2D eigenvalue weighted by Gasteiger charge is -2.33. The summed E-state index contributed by atoms with van der Waals surface area (Å²) in [4.78, 5) is 37.5. The summed E-state index contributed by atoms with van der Waals surface area (Å²) in [6, 6.07) is 0.224. The highest BCUT2D eigenvalue weighted by atomic mass is 19.1. The van der Waals surface area contributed by atoms with Gasteiger partial charge in [-0.05, 0) is 18.6 Å². The molecule has 1 aromatic carbocycles. The fraction of sp³-hybridized carbons (Fsp3) is 0.400. The normalized spacial score (nSPS) is 26.1. The molecule has 0 aliphatic carbocycles. The van der Waals surface area contributed by atoms with Gasteiger partial charge in [0, 0.05) is 24.2 Å². The van der Waals surface area contributed by atoms with Gasteiger partial charge in [-0.15, -0.1) is 0 Å². The molecule has 2 aliphatic rings. The molecule has 3 amide bonds. The Labute approximate surface area is 135 Å². The smallest absolute Gasteiger partial charge is 0.251 e. The van der Waals surface area contributed by atoms with Crippen LogP contribution in [0.5, 0.6) is 0 Å². The molecule has 128 valence electrons. The van der Waals surface area contributed by atoms with E-state index in [0.717, 1.165) is 12.1 Å². The van der Waals surface area contributed by atoms with Crippen LogP contribution in [0.25, 0.3) is 0 Å². The minimum atomic E-state index is -0.986. The van der Waals surface area contributed by atoms with Crippen LogP contribution in [-0.4, -0.2) is 59.0 Å². The molecule has 3 N–H and O–H groups in total. The van der Waals surface area contributed by atoms with Gasteiger partial charge in [0.25, 0.3) is 5.91 Å². The van der Waals surface area contributed by atoms with Crippen LogP contribution in [0, 0.1) is 11.6 Å². The van der Waals surface area contributed by atoms with Crippen LogP contribution < -0.4 is 10.6 Å². The van der Waals surface area contributed by atoms with Crippen molar-refractivity contribution in [3.63, 3.8) is 0 Å². The molecule has 2 fully saturated rings. The first kappa shape index (κ1) is 16.3. The topological polar surface area (TPSA) is 98.7 Å². The molecule has 3 rings (SSSR count). The minimum Gasteiger partial charge on any atom is -0.394 e. The van der Waals surface area contributed by atoms with Gasteiger partial charge in [-0.3, -0.25) is 14.4 Å². The molecule has 24 heavy (non-hydrogen) atoms. The molecule has 0 saturated carbocycles. The summed E-state index contributed by atoms with van der Waals surface area (Å²) in [5, 5.41) is 14.1. The number of rotatable bonds is 3. The third-order valence-corrected chi connectivity index (χ3v) is 4.14. The third-order valence-electron chi connectivity index (χ3n) is 4.14. The number of nitrogens with zero attached hydrogens (tertiary/aromatic N) is 1. The second kappa shape index (κ2) is 6.16. The van der Waals surface area contributed by atoms with Gasteiger partial charge >= 0.3 is 0 Å². The van der Waals surface area contributed by atoms with Crippen molar-refractivity contribution in [2.24, 2.45) is 0 Å². The second-order valence-corrected chi connectivity index (χ2v) is 5.81. The van der Waals surface area contributed by atoms with Crippen LogP contribution in [0.2, 0.25) is 0 Å². The molecule has 3 atom stereocenters. The SMILES string of the molecule is O=C(N[C@H]1C[C@H]2C(=O)N[C@H](CO)C(=O)N2C1)c1cc(F)cc(F)c1. The first-order chi connectivity index (χ1) is 11.4. The number of aliphatic hydroxyl groups is 1. The number of nitrogens with one attached hydrogen (secondary N) is 2. The Morgan fingerprint density at radius 1 is 1.29 bits per heavy atom. The average molecular weight is 339 g/mol. The van der Waals surface area contributed by atoms with E-state index >= 15 is 0 Å². The zero-order chi connectivity index (χ0) is 17.4. The van der Waals surface area contributed by atoms with Gasteiger partial charge in [-0.1, -0.05) is 0 Å². The van der Waals surface area contributed by atoms with E-state index in [-0.39, 0.29) is 18.5 Å². The second-order valence-electron chi connectivity index (χ2n) is 5.81. The number of amides is 3. The lowest BCUT2D eigenvalue weighted by atomic mass is 10.1. The first-order valence-corrected chi connectivity index (χ1v) is 7.37. The standard InChI is InChI=1S/C15H15F2N3O4/c16-8-1-7(2-9(17)3-8)13(22)18-10-4-12-14(23)19-11(6-21)15(24)20(12)5-10/h1-3,10-12,21H,4-6H2,(H,18,22)(H,19,23)/t10-,11+,12-/m0/s1. The molecule has 0 spiro atoms. The van der Waals surface area contributed by atoms with E-state index in [2.05, 4.69) is 10.6 Å². The number of piperazine rings is 1. The van der Waals surface area contributed by atoms with Crippen molar-refractivity contribution in [2.45, 2.75) is 24.5 Å². The maximum atomic E-state index is 13.2. The number of halogens is 2. The van der Waals surface area contributed by atoms with Crippen molar-refractivity contribution in [3.05, 3.63) is 35.4 Å². The largest absolute Gasteiger partial charge is 0.394 e. The van der Waals surface area contributed by atoms with Gasteiger partial charge in [0.1, 0.15) is 23.7 Å². The minimum absolute atomic E-state index is 0.0942. The Kier molecular flexibility index (Phi) is 4.18. The van der Waals surface area contributed by atoms with Crippen molar-refractivity contribution >= 4 is 17.7 Å². The zero-order valence-electron chi connectivity index (χ0n) is 12.5. The van der Waals surface area contributed by atoms with Crippen molar-refractivity contribution in [1.82, 2.24) is 15.5 Å². The first-order valence-electron chi connectivity index (χ1n) is 7.37. The van der Waals surface area contributed by atoms with E-state index in [1.54, 1.807) is 0 Å². The molecule has 0 radical (unpaired) electrons. The fourth-order valence-corrected chi connectivity index (χ4v) is 3.04. The van der Waals surface area contributed by atoms with Gasteiger partial charge in [0.05, 0.1) is 6.61 Å². The molecule has 1 aromatic rings. The van der Waals surface area contributed by atoms with E-state index in [1.165, 1.54) is 4.90 Å². The average Bonchev–Trinajstić information content (AvgIpc) is 2.94. The summed E-state index contributed by atoms with van der Waals surface area (Å²) in [5.41, 5.74) is -0.179. The maximum absolute atomic E-state index is 13.2. The molecule has 2 aliphatic heterocycles. The molecule has 2 heterocycles. The molecular formula is C15H15F2N3O4. The molecule has 0 bridgehead atoms. The van der Waals surface area contributed by atoms with Crippen molar-refractivity contribution in [3.8, 4) is 0 Å². The summed E-state index contributed by atoms with van der Waals surface area (Å²) in [7, 11) is 0. The van der Waals surface area contributed by atoms with E-state index in [1.807, 2.05) is 0 Å². The van der Waals surface area contributed by atoms with Gasteiger partial charge in [0.15, 0.2) is 0 Å². The predicted molar refractivity (Wildman–Crippen MR) is 76.7 cm³/mol. The highest BCUT2D eigenvalue weighted by molar-refractivity contribution is 5.98. The number of aliphatic hydroxyl groups excluding tert-OH is 1. The van der Waals surface area contributed by atoms with Crippen LogP contribution in [0.1, 0.15) is 16.8 Å². The van der Waals surface area contributed by atoms with Crippen LogP contribution in [0.3, 0.4) is 0 Å². The Hall–Kier alpha value is -2.55. The molecule has 0 aromatic heterocycles. The Morgan fingerprint density at radius 2 is 1.96 bits per heavy atom. The van der Waals surface area contributed by atoms with E-state index in [9.17, 15) is 23.2 Å². The monoisotopic (exact) mass is 339 g/mol. The Bertz CT molecular complexity index is 692. The lowest BCUT2D eigenvalue weighted by molar-refractivity contribution is -0.148. The van der Waals surface area contributed by atoms with Crippen LogP contribution >= 0.6 is 0 Å². The van der Waals surface area contributed by atoms with Gasteiger partial charge in [0.2, 0.25) is 11.8 Å². The van der Waals surface area contributed by atoms with Crippen molar-refractivity contribution in [1.29, 1.82) is 0 Å². The summed E-state index contributed by atoms with van der Waals surface area (Å²) in [6.07, 6.45) is 0.194. The highest BCUT2D eigenvalue weighted by Gasteiger charge is 2.46. The van der Waals surface area contributed by atoms with E-state index in [4.69, 9.17) is 5.11 Å². The maximum Gasteiger partial charge on any atom is 0.251 e. The third kappa shape index (κ3) is 2.94. The number of fused-ring (bicyclic) bond motifs is 1. The summed E-state index contributed by atoms with van der Waals surface area (Å²) >= 11 is 0. The van der Waals surface area contributed by atoms with Gasteiger partial charge < -0.3 is 20.6 Å². The fourth-order valence-electron chi connectivity index (χ4n) is 3.04. The lowest BCUT2D eigenvalue weighted by Crippen LogP contribution is -2.62. The number of carbonyl (C=O) groups is 3. The Morgan fingerprint density at radius 3 is 2.58 bits per heavy atom. The van der Waals surface area contributed by atoms with Gasteiger partial charge in [-0.25, -0.2) is 8.78 Å². The molecule has 9 heteroatoms. The van der Waals surface area contributed by atoms with Crippen LogP contribution in [-0.2, 0) is 9.59 Å². The van der Waals surface area contributed by atoms with E-state index in [0.29, 0.717) is 6.07 Å². The number of hydrogen-bond donors (Lipinski definition) is 3. The predicted octanol–water partition coefficient (Wildman–Crippen LogP) is -0.845. The van der Waals surface area contributed by atoms with Crippen molar-refractivity contribution in [2.75, 3.05) is 13.2 Å².